The number of carboxylic acids is 1. The van der Waals surface area contributed by atoms with Crippen molar-refractivity contribution in [1.82, 2.24) is 0 Å². The number of rotatable bonds is 5. The van der Waals surface area contributed by atoms with Crippen LogP contribution in [-0.4, -0.2) is 46.4 Å². The van der Waals surface area contributed by atoms with Crippen LogP contribution < -0.4 is 11.5 Å². The maximum Gasteiger partial charge on any atom is 0.307 e. The van der Waals surface area contributed by atoms with Crippen LogP contribution in [0.4, 0.5) is 0 Å². The van der Waals surface area contributed by atoms with Gasteiger partial charge in [0.15, 0.2) is 0 Å². The van der Waals surface area contributed by atoms with E-state index in [2.05, 4.69) is 0 Å². The Labute approximate surface area is 139 Å². The van der Waals surface area contributed by atoms with Crippen molar-refractivity contribution in [3.05, 3.63) is 0 Å². The fraction of sp³-hybridized carbons (Fsp3) is 0.857. The topological polar surface area (TPSA) is 136 Å². The number of carbonyl (C=O) groups excluding carboxylic acids is 1. The molecule has 0 aromatic carbocycles. The second-order valence-electron chi connectivity index (χ2n) is 5.39. The SMILES string of the molecule is CC(C)O.CC(C)OC(=O)C[C@@H](C)N.C[C@@H](N)CC(=O)O.Cl. The lowest BCUT2D eigenvalue weighted by Crippen LogP contribution is -2.22. The van der Waals surface area contributed by atoms with Crippen LogP contribution in [-0.2, 0) is 14.3 Å². The molecule has 0 aromatic rings. The van der Waals surface area contributed by atoms with Gasteiger partial charge in [-0.3, -0.25) is 9.59 Å². The number of ether oxygens (including phenoxy) is 1. The fourth-order valence-corrected chi connectivity index (χ4v) is 0.849. The molecule has 0 rings (SSSR count). The van der Waals surface area contributed by atoms with E-state index in [0.29, 0.717) is 6.42 Å². The average Bonchev–Trinajstić information content (AvgIpc) is 2.10. The largest absolute Gasteiger partial charge is 0.481 e. The first-order valence-electron chi connectivity index (χ1n) is 6.98. The van der Waals surface area contributed by atoms with Crippen molar-refractivity contribution in [2.24, 2.45) is 11.5 Å². The van der Waals surface area contributed by atoms with Gasteiger partial charge in [0, 0.05) is 18.2 Å². The Balaban J connectivity index is -0.000000118. The van der Waals surface area contributed by atoms with Crippen molar-refractivity contribution in [3.63, 3.8) is 0 Å². The van der Waals surface area contributed by atoms with Crippen LogP contribution in [0.15, 0.2) is 0 Å². The molecule has 0 saturated heterocycles. The van der Waals surface area contributed by atoms with E-state index in [1.807, 2.05) is 13.8 Å². The molecule has 0 heterocycles. The third kappa shape index (κ3) is 50.8. The Bertz CT molecular complexity index is 257. The van der Waals surface area contributed by atoms with E-state index >= 15 is 0 Å². The van der Waals surface area contributed by atoms with Gasteiger partial charge in [-0.2, -0.15) is 0 Å². The minimum Gasteiger partial charge on any atom is -0.481 e. The highest BCUT2D eigenvalue weighted by molar-refractivity contribution is 5.85. The number of hydrogen-bond donors (Lipinski definition) is 4. The summed E-state index contributed by atoms with van der Waals surface area (Å²) < 4.78 is 4.84. The van der Waals surface area contributed by atoms with Crippen molar-refractivity contribution >= 4 is 24.3 Å². The lowest BCUT2D eigenvalue weighted by Gasteiger charge is -2.08. The molecule has 136 valence electrons. The standard InChI is InChI=1S/C7H15NO2.C4H9NO2.C3H8O.ClH/c1-5(2)10-7(9)4-6(3)8;1-3(5)2-4(6)7;1-3(2)4;/h5-6H,4,8H2,1-3H3;3H,2,5H2,1H3,(H,6,7);3-4H,1-2H3;1H/t6-;3-;;/m11../s1. The Kier molecular flexibility index (Phi) is 24.1. The Morgan fingerprint density at radius 3 is 1.41 bits per heavy atom. The molecule has 2 atom stereocenters. The zero-order valence-electron chi connectivity index (χ0n) is 14.4. The van der Waals surface area contributed by atoms with Gasteiger partial charge in [0.25, 0.3) is 0 Å². The van der Waals surface area contributed by atoms with E-state index < -0.39 is 5.97 Å². The molecule has 0 radical (unpaired) electrons. The highest BCUT2D eigenvalue weighted by Gasteiger charge is 2.07. The minimum atomic E-state index is -0.838. The maximum absolute atomic E-state index is 10.8. The molecule has 0 aliphatic heterocycles. The number of carbonyl (C=O) groups is 2. The predicted molar refractivity (Wildman–Crippen MR) is 90.0 cm³/mol. The Morgan fingerprint density at radius 2 is 1.27 bits per heavy atom. The second-order valence-corrected chi connectivity index (χ2v) is 5.39. The van der Waals surface area contributed by atoms with Crippen LogP contribution in [0.5, 0.6) is 0 Å². The van der Waals surface area contributed by atoms with Gasteiger partial charge in [0.2, 0.25) is 0 Å². The first-order valence-corrected chi connectivity index (χ1v) is 6.98. The van der Waals surface area contributed by atoms with Crippen LogP contribution in [0.3, 0.4) is 0 Å². The third-order valence-electron chi connectivity index (χ3n) is 1.35. The molecular weight excluding hydrogens is 312 g/mol. The van der Waals surface area contributed by atoms with Gasteiger partial charge in [-0.1, -0.05) is 0 Å². The third-order valence-corrected chi connectivity index (χ3v) is 1.35. The lowest BCUT2D eigenvalue weighted by atomic mass is 10.2. The normalized spacial score (nSPS) is 12.0. The Morgan fingerprint density at radius 1 is 0.955 bits per heavy atom. The summed E-state index contributed by atoms with van der Waals surface area (Å²) in [6, 6.07) is -0.330. The number of aliphatic hydroxyl groups is 1. The first kappa shape index (κ1) is 29.2. The van der Waals surface area contributed by atoms with Crippen molar-refractivity contribution in [2.45, 2.75) is 78.7 Å². The Hall–Kier alpha value is -0.890. The molecule has 0 saturated carbocycles. The van der Waals surface area contributed by atoms with E-state index in [0.717, 1.165) is 0 Å². The molecule has 22 heavy (non-hydrogen) atoms. The van der Waals surface area contributed by atoms with Crippen molar-refractivity contribution in [2.75, 3.05) is 0 Å². The zero-order chi connectivity index (χ0) is 17.6. The number of hydrogen-bond acceptors (Lipinski definition) is 6. The maximum atomic E-state index is 10.8. The van der Waals surface area contributed by atoms with Gasteiger partial charge < -0.3 is 26.4 Å². The molecule has 0 aromatic heterocycles. The first-order chi connectivity index (χ1) is 9.38. The summed E-state index contributed by atoms with van der Waals surface area (Å²) in [6.45, 7) is 10.5. The van der Waals surface area contributed by atoms with Crippen molar-refractivity contribution in [3.8, 4) is 0 Å². The number of carboxylic acid groups (broad SMARTS) is 1. The number of aliphatic hydroxyl groups excluding tert-OH is 1. The molecule has 0 amide bonds. The minimum absolute atomic E-state index is 0. The van der Waals surface area contributed by atoms with Crippen LogP contribution in [0.1, 0.15) is 54.4 Å². The van der Waals surface area contributed by atoms with Crippen LogP contribution in [0, 0.1) is 0 Å². The molecule has 0 fully saturated rings. The number of esters is 1. The van der Waals surface area contributed by atoms with Gasteiger partial charge >= 0.3 is 11.9 Å². The van der Waals surface area contributed by atoms with Crippen molar-refractivity contribution in [1.29, 1.82) is 0 Å². The van der Waals surface area contributed by atoms with E-state index in [1.165, 1.54) is 0 Å². The second kappa shape index (κ2) is 18.2. The molecule has 0 aliphatic rings. The van der Waals surface area contributed by atoms with E-state index in [1.54, 1.807) is 27.7 Å². The van der Waals surface area contributed by atoms with Gasteiger partial charge in [-0.25, -0.2) is 0 Å². The molecular formula is C14H33ClN2O5. The van der Waals surface area contributed by atoms with Gasteiger partial charge in [-0.05, 0) is 41.5 Å². The molecule has 6 N–H and O–H groups in total. The molecule has 7 nitrogen and oxygen atoms in total. The molecule has 8 heteroatoms. The molecule has 0 aliphatic carbocycles. The predicted octanol–water partition coefficient (Wildman–Crippen LogP) is 1.29. The average molecular weight is 345 g/mol. The fourth-order valence-electron chi connectivity index (χ4n) is 0.849. The molecule has 0 spiro atoms. The van der Waals surface area contributed by atoms with Gasteiger partial charge in [0.1, 0.15) is 0 Å². The van der Waals surface area contributed by atoms with Crippen LogP contribution >= 0.6 is 12.4 Å². The summed E-state index contributed by atoms with van der Waals surface area (Å²) >= 11 is 0. The van der Waals surface area contributed by atoms with E-state index in [9.17, 15) is 9.59 Å². The zero-order valence-corrected chi connectivity index (χ0v) is 15.2. The highest BCUT2D eigenvalue weighted by atomic mass is 35.5. The summed E-state index contributed by atoms with van der Waals surface area (Å²) in [5, 5.41) is 16.1. The number of aliphatic carboxylic acids is 1. The smallest absolute Gasteiger partial charge is 0.307 e. The monoisotopic (exact) mass is 344 g/mol. The molecule has 0 unspecified atom stereocenters. The number of halogens is 1. The summed E-state index contributed by atoms with van der Waals surface area (Å²) in [5.41, 5.74) is 10.5. The van der Waals surface area contributed by atoms with Crippen LogP contribution in [0.25, 0.3) is 0 Å². The summed E-state index contributed by atoms with van der Waals surface area (Å²) in [7, 11) is 0. The number of nitrogens with two attached hydrogens (primary N) is 2. The van der Waals surface area contributed by atoms with E-state index in [-0.39, 0.29) is 49.1 Å². The molecule has 0 bridgehead atoms. The summed E-state index contributed by atoms with van der Waals surface area (Å²) in [4.78, 5) is 20.5. The quantitative estimate of drug-likeness (QED) is 0.551. The highest BCUT2D eigenvalue weighted by Crippen LogP contribution is 1.94. The summed E-state index contributed by atoms with van der Waals surface area (Å²) in [6.07, 6.45) is 0.157. The van der Waals surface area contributed by atoms with Gasteiger partial charge in [-0.15, -0.1) is 12.4 Å². The van der Waals surface area contributed by atoms with Crippen molar-refractivity contribution < 1.29 is 24.5 Å². The summed E-state index contributed by atoms with van der Waals surface area (Å²) in [5.74, 6) is -1.06. The van der Waals surface area contributed by atoms with Crippen LogP contribution in [0.2, 0.25) is 0 Å². The van der Waals surface area contributed by atoms with Gasteiger partial charge in [0.05, 0.1) is 18.9 Å². The van der Waals surface area contributed by atoms with E-state index in [4.69, 9.17) is 26.4 Å². The lowest BCUT2D eigenvalue weighted by molar-refractivity contribution is -0.147.